The number of hydrogen-bond acceptors (Lipinski definition) is 5. The molecule has 3 rings (SSSR count). The van der Waals surface area contributed by atoms with Crippen molar-refractivity contribution in [2.45, 2.75) is 25.3 Å². The van der Waals surface area contributed by atoms with Crippen LogP contribution in [0.2, 0.25) is 0 Å². The maximum atomic E-state index is 12.8. The maximum absolute atomic E-state index is 12.8. The number of rotatable bonds is 3. The van der Waals surface area contributed by atoms with Crippen LogP contribution in [0.5, 0.6) is 0 Å². The molecule has 1 unspecified atom stereocenters. The van der Waals surface area contributed by atoms with Crippen molar-refractivity contribution in [1.29, 1.82) is 0 Å². The first-order valence-electron chi connectivity index (χ1n) is 5.82. The summed E-state index contributed by atoms with van der Waals surface area (Å²) in [5.74, 6) is 0.740. The maximum Gasteiger partial charge on any atom is 0.247 e. The topological polar surface area (TPSA) is 77.8 Å². The Kier molecular flexibility index (Phi) is 2.41. The minimum absolute atomic E-state index is 0.335. The van der Waals surface area contributed by atoms with Gasteiger partial charge in [0, 0.05) is 0 Å². The van der Waals surface area contributed by atoms with E-state index in [0.29, 0.717) is 23.3 Å². The molecule has 1 atom stereocenters. The van der Waals surface area contributed by atoms with Crippen LogP contribution in [0.4, 0.5) is 4.39 Å². The molecule has 2 aromatic rings. The van der Waals surface area contributed by atoms with Crippen LogP contribution in [-0.2, 0) is 5.54 Å². The summed E-state index contributed by atoms with van der Waals surface area (Å²) in [6, 6.07) is 2.82. The van der Waals surface area contributed by atoms with E-state index in [1.54, 1.807) is 0 Å². The molecular formula is C12H13FN4O. The molecule has 5 nitrogen and oxygen atoms in total. The Labute approximate surface area is 103 Å². The highest BCUT2D eigenvalue weighted by Gasteiger charge is 2.43. The van der Waals surface area contributed by atoms with Gasteiger partial charge in [-0.2, -0.15) is 4.98 Å². The number of nitrogens with zero attached hydrogens (tertiary/aromatic N) is 3. The van der Waals surface area contributed by atoms with Crippen molar-refractivity contribution < 1.29 is 8.91 Å². The second-order valence-electron chi connectivity index (χ2n) is 4.84. The lowest BCUT2D eigenvalue weighted by Gasteiger charge is -2.18. The van der Waals surface area contributed by atoms with Crippen molar-refractivity contribution in [2.24, 2.45) is 11.7 Å². The Morgan fingerprint density at radius 2 is 2.22 bits per heavy atom. The predicted molar refractivity (Wildman–Crippen MR) is 61.8 cm³/mol. The molecule has 2 N–H and O–H groups in total. The molecule has 1 saturated carbocycles. The van der Waals surface area contributed by atoms with Crippen LogP contribution in [0.15, 0.2) is 22.9 Å². The van der Waals surface area contributed by atoms with E-state index in [1.807, 2.05) is 6.92 Å². The molecule has 0 spiro atoms. The van der Waals surface area contributed by atoms with Gasteiger partial charge in [0.1, 0.15) is 11.5 Å². The van der Waals surface area contributed by atoms with Crippen LogP contribution in [0, 0.1) is 11.7 Å². The van der Waals surface area contributed by atoms with Crippen molar-refractivity contribution >= 4 is 0 Å². The molecule has 0 saturated heterocycles. The highest BCUT2D eigenvalue weighted by Crippen LogP contribution is 2.43. The quantitative estimate of drug-likeness (QED) is 0.896. The number of hydrogen-bond donors (Lipinski definition) is 1. The fraction of sp³-hybridized carbons (Fsp3) is 0.417. The Morgan fingerprint density at radius 1 is 1.44 bits per heavy atom. The van der Waals surface area contributed by atoms with Gasteiger partial charge in [0.05, 0.1) is 11.7 Å². The van der Waals surface area contributed by atoms with Gasteiger partial charge in [0.25, 0.3) is 0 Å². The molecule has 2 heterocycles. The van der Waals surface area contributed by atoms with Crippen LogP contribution >= 0.6 is 0 Å². The summed E-state index contributed by atoms with van der Waals surface area (Å²) in [6.07, 6.45) is 3.28. The average Bonchev–Trinajstić information content (AvgIpc) is 3.09. The van der Waals surface area contributed by atoms with Crippen LogP contribution in [-0.4, -0.2) is 15.1 Å². The van der Waals surface area contributed by atoms with E-state index in [-0.39, 0.29) is 0 Å². The van der Waals surface area contributed by atoms with E-state index in [4.69, 9.17) is 10.3 Å². The lowest BCUT2D eigenvalue weighted by molar-refractivity contribution is 0.273. The Morgan fingerprint density at radius 3 is 2.83 bits per heavy atom. The van der Waals surface area contributed by atoms with Crippen molar-refractivity contribution in [1.82, 2.24) is 15.1 Å². The van der Waals surface area contributed by atoms with Crippen molar-refractivity contribution in [3.63, 3.8) is 0 Å². The normalized spacial score (nSPS) is 18.6. The number of nitrogens with two attached hydrogens (primary N) is 1. The minimum atomic E-state index is -0.592. The molecule has 1 fully saturated rings. The number of aromatic nitrogens is 3. The number of pyridine rings is 1. The first-order valence-corrected chi connectivity index (χ1v) is 5.82. The summed E-state index contributed by atoms with van der Waals surface area (Å²) in [5, 5.41) is 3.84. The molecule has 18 heavy (non-hydrogen) atoms. The van der Waals surface area contributed by atoms with Crippen molar-refractivity contribution in [2.75, 3.05) is 0 Å². The molecule has 0 amide bonds. The van der Waals surface area contributed by atoms with Crippen molar-refractivity contribution in [3.8, 4) is 11.5 Å². The van der Waals surface area contributed by atoms with Gasteiger partial charge in [-0.25, -0.2) is 9.37 Å². The molecule has 0 aromatic carbocycles. The Balaban J connectivity index is 1.91. The molecular weight excluding hydrogens is 235 g/mol. The summed E-state index contributed by atoms with van der Waals surface area (Å²) >= 11 is 0. The van der Waals surface area contributed by atoms with E-state index in [0.717, 1.165) is 19.0 Å². The smallest absolute Gasteiger partial charge is 0.247 e. The monoisotopic (exact) mass is 248 g/mol. The molecule has 0 bridgehead atoms. The molecule has 94 valence electrons. The zero-order valence-electron chi connectivity index (χ0n) is 9.93. The van der Waals surface area contributed by atoms with Gasteiger partial charge in [-0.05, 0) is 37.8 Å². The van der Waals surface area contributed by atoms with E-state index >= 15 is 0 Å². The largest absolute Gasteiger partial charge is 0.337 e. The Bertz CT molecular complexity index is 560. The van der Waals surface area contributed by atoms with Gasteiger partial charge in [-0.15, -0.1) is 0 Å². The highest BCUT2D eigenvalue weighted by atomic mass is 19.1. The third kappa shape index (κ3) is 1.88. The SMILES string of the molecule is CC(N)(c1nc(-c2ccc(F)cn2)no1)C1CC1. The molecule has 0 radical (unpaired) electrons. The summed E-state index contributed by atoms with van der Waals surface area (Å²) < 4.78 is 18.0. The summed E-state index contributed by atoms with van der Waals surface area (Å²) in [5.41, 5.74) is 6.06. The van der Waals surface area contributed by atoms with Crippen LogP contribution < -0.4 is 5.73 Å². The first kappa shape index (κ1) is 11.3. The molecule has 0 aliphatic heterocycles. The van der Waals surface area contributed by atoms with Crippen LogP contribution in [0.3, 0.4) is 0 Å². The molecule has 1 aliphatic carbocycles. The van der Waals surface area contributed by atoms with Gasteiger partial charge >= 0.3 is 0 Å². The van der Waals surface area contributed by atoms with Gasteiger partial charge in [0.2, 0.25) is 11.7 Å². The summed E-state index contributed by atoms with van der Waals surface area (Å²) in [7, 11) is 0. The van der Waals surface area contributed by atoms with Gasteiger partial charge in [-0.1, -0.05) is 5.16 Å². The summed E-state index contributed by atoms with van der Waals surface area (Å²) in [4.78, 5) is 8.16. The lowest BCUT2D eigenvalue weighted by atomic mass is 9.97. The number of halogens is 1. The van der Waals surface area contributed by atoms with Crippen LogP contribution in [0.1, 0.15) is 25.7 Å². The van der Waals surface area contributed by atoms with Gasteiger partial charge < -0.3 is 10.3 Å². The third-order valence-corrected chi connectivity index (χ3v) is 3.27. The van der Waals surface area contributed by atoms with E-state index in [9.17, 15) is 4.39 Å². The third-order valence-electron chi connectivity index (χ3n) is 3.27. The lowest BCUT2D eigenvalue weighted by Crippen LogP contribution is -2.35. The zero-order chi connectivity index (χ0) is 12.8. The standard InChI is InChI=1S/C12H13FN4O/c1-12(14,7-2-3-7)11-16-10(17-18-11)9-5-4-8(13)6-15-9/h4-7H,2-3,14H2,1H3. The van der Waals surface area contributed by atoms with Gasteiger partial charge in [0.15, 0.2) is 0 Å². The van der Waals surface area contributed by atoms with E-state index in [2.05, 4.69) is 15.1 Å². The van der Waals surface area contributed by atoms with Crippen molar-refractivity contribution in [3.05, 3.63) is 30.0 Å². The fourth-order valence-corrected chi connectivity index (χ4v) is 1.91. The van der Waals surface area contributed by atoms with Crippen LogP contribution in [0.25, 0.3) is 11.5 Å². The highest BCUT2D eigenvalue weighted by molar-refractivity contribution is 5.47. The zero-order valence-corrected chi connectivity index (χ0v) is 9.93. The predicted octanol–water partition coefficient (Wildman–Crippen LogP) is 1.85. The molecule has 6 heteroatoms. The minimum Gasteiger partial charge on any atom is -0.337 e. The molecule has 1 aliphatic rings. The second-order valence-corrected chi connectivity index (χ2v) is 4.84. The van der Waals surface area contributed by atoms with E-state index < -0.39 is 11.4 Å². The Hall–Kier alpha value is -1.82. The molecule has 2 aromatic heterocycles. The second kappa shape index (κ2) is 3.84. The fourth-order valence-electron chi connectivity index (χ4n) is 1.91. The van der Waals surface area contributed by atoms with Gasteiger partial charge in [-0.3, -0.25) is 0 Å². The summed E-state index contributed by atoms with van der Waals surface area (Å²) in [6.45, 7) is 1.89. The average molecular weight is 248 g/mol. The van der Waals surface area contributed by atoms with E-state index in [1.165, 1.54) is 12.1 Å². The first-order chi connectivity index (χ1) is 8.57.